The summed E-state index contributed by atoms with van der Waals surface area (Å²) < 4.78 is 0. The van der Waals surface area contributed by atoms with Crippen molar-refractivity contribution in [3.05, 3.63) is 116 Å². The fourth-order valence-electron chi connectivity index (χ4n) is 6.01. The molecule has 3 aromatic carbocycles. The number of allylic oxidation sites excluding steroid dienone is 3. The van der Waals surface area contributed by atoms with Gasteiger partial charge in [0.25, 0.3) is 0 Å². The van der Waals surface area contributed by atoms with Gasteiger partial charge >= 0.3 is 0 Å². The van der Waals surface area contributed by atoms with Crippen LogP contribution in [0.4, 0.5) is 5.69 Å². The summed E-state index contributed by atoms with van der Waals surface area (Å²) in [6.45, 7) is 12.5. The van der Waals surface area contributed by atoms with Gasteiger partial charge in [0.15, 0.2) is 5.78 Å². The van der Waals surface area contributed by atoms with Gasteiger partial charge in [0.2, 0.25) is 0 Å². The van der Waals surface area contributed by atoms with Crippen molar-refractivity contribution in [2.75, 3.05) is 4.90 Å². The molecule has 6 heteroatoms. The Bertz CT molecular complexity index is 1660. The maximum atomic E-state index is 14.0. The Morgan fingerprint density at radius 1 is 1.00 bits per heavy atom. The summed E-state index contributed by atoms with van der Waals surface area (Å²) in [6, 6.07) is 21.1. The van der Waals surface area contributed by atoms with E-state index in [2.05, 4.69) is 77.1 Å². The molecule has 0 saturated heterocycles. The molecule has 1 aliphatic carbocycles. The van der Waals surface area contributed by atoms with Gasteiger partial charge in [-0.15, -0.1) is 11.8 Å². The van der Waals surface area contributed by atoms with Crippen LogP contribution < -0.4 is 10.6 Å². The molecule has 0 saturated carbocycles. The van der Waals surface area contributed by atoms with E-state index >= 15 is 0 Å². The Hall–Kier alpha value is -3.46. The number of nitrogens with zero attached hydrogens (tertiary/aromatic N) is 2. The second-order valence-electron chi connectivity index (χ2n) is 12.2. The molecule has 4 nitrogen and oxygen atoms in total. The van der Waals surface area contributed by atoms with Crippen molar-refractivity contribution in [2.24, 2.45) is 11.1 Å². The average molecular weight is 582 g/mol. The van der Waals surface area contributed by atoms with E-state index in [-0.39, 0.29) is 11.2 Å². The van der Waals surface area contributed by atoms with Crippen molar-refractivity contribution >= 4 is 34.8 Å². The smallest absolute Gasteiger partial charge is 0.162 e. The number of carbonyl (C=O) groups excluding carboxylic acids is 1. The normalized spacial score (nSPS) is 18.4. The molecule has 1 heterocycles. The van der Waals surface area contributed by atoms with Gasteiger partial charge in [-0.1, -0.05) is 61.3 Å². The van der Waals surface area contributed by atoms with Crippen LogP contribution in [0.2, 0.25) is 5.02 Å². The topological polar surface area (TPSA) is 70.1 Å². The van der Waals surface area contributed by atoms with Crippen molar-refractivity contribution in [2.45, 2.75) is 71.0 Å². The third kappa shape index (κ3) is 5.56. The number of anilines is 1. The van der Waals surface area contributed by atoms with Crippen molar-refractivity contribution in [3.63, 3.8) is 0 Å². The van der Waals surface area contributed by atoms with Crippen molar-refractivity contribution in [1.29, 1.82) is 5.26 Å². The van der Waals surface area contributed by atoms with E-state index in [1.54, 1.807) is 11.8 Å². The lowest BCUT2D eigenvalue weighted by atomic mass is 9.68. The number of rotatable bonds is 5. The zero-order valence-electron chi connectivity index (χ0n) is 24.6. The molecular formula is C35H36ClN3OS. The van der Waals surface area contributed by atoms with Crippen LogP contribution in [0.25, 0.3) is 0 Å². The number of halogens is 1. The number of hydrogen-bond donors (Lipinski definition) is 1. The molecule has 2 N–H and O–H groups in total. The molecule has 210 valence electrons. The van der Waals surface area contributed by atoms with E-state index in [1.165, 1.54) is 21.6 Å². The number of ketones is 1. The molecule has 41 heavy (non-hydrogen) atoms. The largest absolute Gasteiger partial charge is 0.384 e. The number of nitriles is 1. The Morgan fingerprint density at radius 3 is 2.37 bits per heavy atom. The average Bonchev–Trinajstić information content (AvgIpc) is 2.90. The number of nitrogens with two attached hydrogens (primary N) is 1. The van der Waals surface area contributed by atoms with Gasteiger partial charge in [-0.05, 0) is 91.6 Å². The molecule has 3 aromatic rings. The number of carbonyl (C=O) groups is 1. The zero-order valence-corrected chi connectivity index (χ0v) is 26.1. The number of thioether (sulfide) groups is 1. The summed E-state index contributed by atoms with van der Waals surface area (Å²) in [6.07, 6.45) is 1.08. The molecule has 0 aromatic heterocycles. The third-order valence-corrected chi connectivity index (χ3v) is 9.71. The molecule has 0 spiro atoms. The van der Waals surface area contributed by atoms with Crippen LogP contribution >= 0.6 is 23.4 Å². The number of aryl methyl sites for hydroxylation is 4. The van der Waals surface area contributed by atoms with E-state index in [0.29, 0.717) is 34.8 Å². The SMILES string of the molecule is Cc1ccc(SCc2cc(C3C(C#N)=C(N)N(c4ccc(C)c(Cl)c4)C4=C3C(=O)CC(C)(C)C4)c(C)cc2C)cc1. The van der Waals surface area contributed by atoms with Crippen LogP contribution in [-0.4, -0.2) is 5.78 Å². The molecule has 5 rings (SSSR count). The summed E-state index contributed by atoms with van der Waals surface area (Å²) in [5, 5.41) is 11.2. The van der Waals surface area contributed by atoms with Gasteiger partial charge in [-0.2, -0.15) is 5.26 Å². The molecule has 0 radical (unpaired) electrons. The van der Waals surface area contributed by atoms with Crippen molar-refractivity contribution < 1.29 is 4.79 Å². The maximum absolute atomic E-state index is 14.0. The Labute approximate surface area is 252 Å². The lowest BCUT2D eigenvalue weighted by molar-refractivity contribution is -0.118. The summed E-state index contributed by atoms with van der Waals surface area (Å²) in [7, 11) is 0. The molecule has 0 fully saturated rings. The predicted molar refractivity (Wildman–Crippen MR) is 170 cm³/mol. The Kier molecular flexibility index (Phi) is 7.85. The minimum atomic E-state index is -0.514. The van der Waals surface area contributed by atoms with Crippen molar-refractivity contribution in [3.8, 4) is 6.07 Å². The highest BCUT2D eigenvalue weighted by atomic mass is 35.5. The number of benzene rings is 3. The first-order chi connectivity index (χ1) is 19.4. The Balaban J connectivity index is 1.66. The fraction of sp³-hybridized carbons (Fsp3) is 0.314. The highest BCUT2D eigenvalue weighted by Crippen LogP contribution is 2.51. The highest BCUT2D eigenvalue weighted by molar-refractivity contribution is 7.98. The molecule has 2 aliphatic rings. The summed E-state index contributed by atoms with van der Waals surface area (Å²) in [4.78, 5) is 17.1. The van der Waals surface area contributed by atoms with Crippen LogP contribution in [0.1, 0.15) is 66.0 Å². The lowest BCUT2D eigenvalue weighted by Gasteiger charge is -2.44. The van der Waals surface area contributed by atoms with Gasteiger partial charge in [0.1, 0.15) is 5.82 Å². The highest BCUT2D eigenvalue weighted by Gasteiger charge is 2.45. The summed E-state index contributed by atoms with van der Waals surface area (Å²) in [5.41, 5.74) is 15.9. The molecular weight excluding hydrogens is 546 g/mol. The van der Waals surface area contributed by atoms with Gasteiger partial charge < -0.3 is 5.73 Å². The van der Waals surface area contributed by atoms with E-state index in [0.717, 1.165) is 33.8 Å². The lowest BCUT2D eigenvalue weighted by Crippen LogP contribution is -2.42. The first kappa shape index (κ1) is 29.0. The molecule has 0 amide bonds. The van der Waals surface area contributed by atoms with E-state index in [9.17, 15) is 10.1 Å². The van der Waals surface area contributed by atoms with E-state index in [1.807, 2.05) is 30.0 Å². The minimum Gasteiger partial charge on any atom is -0.384 e. The van der Waals surface area contributed by atoms with Crippen LogP contribution in [0.15, 0.2) is 82.2 Å². The Morgan fingerprint density at radius 2 is 1.71 bits per heavy atom. The summed E-state index contributed by atoms with van der Waals surface area (Å²) >= 11 is 8.32. The molecule has 1 aliphatic heterocycles. The standard InChI is InChI=1S/C35H36ClN3OS/c1-20-7-11-26(12-8-20)41-19-24-14-27(23(4)13-22(24)3)32-28(18-37)34(38)39(25-10-9-21(2)29(36)15-25)30-16-35(5,6)17-31(40)33(30)32/h7-15,32H,16-17,19,38H2,1-6H3. The second-order valence-corrected chi connectivity index (χ2v) is 13.6. The predicted octanol–water partition coefficient (Wildman–Crippen LogP) is 8.81. The third-order valence-electron chi connectivity index (χ3n) is 8.25. The van der Waals surface area contributed by atoms with Gasteiger partial charge in [0.05, 0.1) is 17.6 Å². The fourth-order valence-corrected chi connectivity index (χ4v) is 7.15. The zero-order chi connectivity index (χ0) is 29.6. The maximum Gasteiger partial charge on any atom is 0.162 e. The van der Waals surface area contributed by atoms with Gasteiger partial charge in [0, 0.05) is 39.0 Å². The minimum absolute atomic E-state index is 0.0697. The van der Waals surface area contributed by atoms with Gasteiger partial charge in [-0.25, -0.2) is 0 Å². The van der Waals surface area contributed by atoms with Crippen LogP contribution in [0.3, 0.4) is 0 Å². The number of Topliss-reactive ketones (excluding diaryl/α,β-unsaturated/α-hetero) is 1. The monoisotopic (exact) mass is 581 g/mol. The van der Waals surface area contributed by atoms with E-state index < -0.39 is 5.92 Å². The second kappa shape index (κ2) is 11.1. The van der Waals surface area contributed by atoms with Crippen LogP contribution in [-0.2, 0) is 10.5 Å². The molecule has 1 unspecified atom stereocenters. The first-order valence-electron chi connectivity index (χ1n) is 13.9. The first-order valence-corrected chi connectivity index (χ1v) is 15.3. The van der Waals surface area contributed by atoms with Gasteiger partial charge in [-0.3, -0.25) is 9.69 Å². The van der Waals surface area contributed by atoms with Crippen LogP contribution in [0.5, 0.6) is 0 Å². The van der Waals surface area contributed by atoms with Crippen molar-refractivity contribution in [1.82, 2.24) is 0 Å². The van der Waals surface area contributed by atoms with Crippen LogP contribution in [0, 0.1) is 44.4 Å². The number of hydrogen-bond acceptors (Lipinski definition) is 5. The molecule has 0 bridgehead atoms. The summed E-state index contributed by atoms with van der Waals surface area (Å²) in [5.74, 6) is 0.702. The van der Waals surface area contributed by atoms with E-state index in [4.69, 9.17) is 17.3 Å². The quantitative estimate of drug-likeness (QED) is 0.305. The molecule has 1 atom stereocenters.